The molecule has 128 valence electrons. The Balaban J connectivity index is 5.12. The van der Waals surface area contributed by atoms with E-state index in [0.717, 1.165) is 0 Å². The Morgan fingerprint density at radius 1 is 1.04 bits per heavy atom. The molecule has 0 bridgehead atoms. The zero-order valence-electron chi connectivity index (χ0n) is 14.0. The Morgan fingerprint density at radius 3 is 2.04 bits per heavy atom. The summed E-state index contributed by atoms with van der Waals surface area (Å²) in [7, 11) is 0. The van der Waals surface area contributed by atoms with Crippen molar-refractivity contribution in [3.63, 3.8) is 0 Å². The van der Waals surface area contributed by atoms with Gasteiger partial charge in [-0.05, 0) is 20.3 Å². The van der Waals surface area contributed by atoms with Crippen molar-refractivity contribution in [2.75, 3.05) is 19.8 Å². The van der Waals surface area contributed by atoms with Gasteiger partial charge in [-0.1, -0.05) is 12.0 Å². The Kier molecular flexibility index (Phi) is 10.2. The third-order valence-electron chi connectivity index (χ3n) is 2.87. The molecule has 0 fully saturated rings. The molecular weight excluding hydrogens is 300 g/mol. The number of allylic oxidation sites excluding steroid dienone is 1. The topological polar surface area (TPSA) is 78.9 Å². The molecule has 0 spiro atoms. The van der Waals surface area contributed by atoms with Gasteiger partial charge in [-0.2, -0.15) is 0 Å². The molecule has 0 aliphatic carbocycles. The number of hydrogen-bond donors (Lipinski definition) is 0. The van der Waals surface area contributed by atoms with Crippen molar-refractivity contribution in [2.24, 2.45) is 5.41 Å². The number of carbonyl (C=O) groups excluding carboxylic acids is 3. The van der Waals surface area contributed by atoms with Crippen molar-refractivity contribution < 1.29 is 28.6 Å². The van der Waals surface area contributed by atoms with E-state index in [1.54, 1.807) is 13.8 Å². The van der Waals surface area contributed by atoms with Crippen molar-refractivity contribution >= 4 is 17.9 Å². The number of rotatable bonds is 9. The van der Waals surface area contributed by atoms with E-state index in [4.69, 9.17) is 14.2 Å². The number of esters is 3. The maximum absolute atomic E-state index is 12.3. The average molecular weight is 324 g/mol. The van der Waals surface area contributed by atoms with Crippen LogP contribution in [-0.4, -0.2) is 37.7 Å². The minimum atomic E-state index is -1.51. The molecule has 0 saturated heterocycles. The Morgan fingerprint density at radius 2 is 1.61 bits per heavy atom. The molecule has 0 aromatic rings. The quantitative estimate of drug-likeness (QED) is 0.161. The first-order chi connectivity index (χ1) is 10.9. The van der Waals surface area contributed by atoms with Gasteiger partial charge in [0.05, 0.1) is 13.2 Å². The average Bonchev–Trinajstić information content (AvgIpc) is 2.49. The van der Waals surface area contributed by atoms with Gasteiger partial charge in [0.15, 0.2) is 5.41 Å². The molecule has 0 aliphatic heterocycles. The van der Waals surface area contributed by atoms with Crippen LogP contribution in [0, 0.1) is 17.3 Å². The summed E-state index contributed by atoms with van der Waals surface area (Å²) in [5.74, 6) is 3.81. The van der Waals surface area contributed by atoms with Crippen LogP contribution in [0.5, 0.6) is 0 Å². The number of hydrogen-bond acceptors (Lipinski definition) is 6. The van der Waals surface area contributed by atoms with E-state index >= 15 is 0 Å². The lowest BCUT2D eigenvalue weighted by atomic mass is 9.81. The highest BCUT2D eigenvalue weighted by molar-refractivity contribution is 6.00. The van der Waals surface area contributed by atoms with Gasteiger partial charge in [-0.3, -0.25) is 14.4 Å². The molecular formula is C17H24O6. The summed E-state index contributed by atoms with van der Waals surface area (Å²) in [5.41, 5.74) is -1.51. The van der Waals surface area contributed by atoms with Gasteiger partial charge in [-0.15, -0.1) is 12.5 Å². The van der Waals surface area contributed by atoms with Crippen molar-refractivity contribution in [3.8, 4) is 11.8 Å². The van der Waals surface area contributed by atoms with E-state index in [0.29, 0.717) is 6.42 Å². The lowest BCUT2D eigenvalue weighted by molar-refractivity contribution is -0.171. The summed E-state index contributed by atoms with van der Waals surface area (Å²) in [6.45, 7) is 8.68. The molecule has 0 aromatic carbocycles. The van der Waals surface area contributed by atoms with Crippen molar-refractivity contribution in [2.45, 2.75) is 40.0 Å². The normalized spacial score (nSPS) is 10.0. The molecule has 0 heterocycles. The summed E-state index contributed by atoms with van der Waals surface area (Å²) in [6, 6.07) is 0. The van der Waals surface area contributed by atoms with E-state index in [-0.39, 0.29) is 38.6 Å². The largest absolute Gasteiger partial charge is 0.465 e. The second-order valence-electron chi connectivity index (χ2n) is 4.64. The number of carbonyl (C=O) groups is 3. The van der Waals surface area contributed by atoms with Gasteiger partial charge in [0.2, 0.25) is 0 Å². The third kappa shape index (κ3) is 7.00. The fraction of sp³-hybridized carbons (Fsp3) is 0.588. The van der Waals surface area contributed by atoms with Gasteiger partial charge < -0.3 is 14.2 Å². The zero-order chi connectivity index (χ0) is 17.7. The highest BCUT2D eigenvalue weighted by Gasteiger charge is 2.47. The van der Waals surface area contributed by atoms with Gasteiger partial charge >= 0.3 is 17.9 Å². The Labute approximate surface area is 137 Å². The molecule has 0 radical (unpaired) electrons. The summed E-state index contributed by atoms with van der Waals surface area (Å²) in [6.07, 6.45) is 1.81. The second-order valence-corrected chi connectivity index (χ2v) is 4.64. The standard InChI is InChI=1S/C17H24O6/c1-5-11-17(15(19)21-6-2,16(20)22-7-3)12-9-8-10-13-23-14(4)18/h5H,1,6-7,10-13H2,2-4H3. The highest BCUT2D eigenvalue weighted by atomic mass is 16.6. The molecule has 6 nitrogen and oxygen atoms in total. The molecule has 6 heteroatoms. The summed E-state index contributed by atoms with van der Waals surface area (Å²) in [4.78, 5) is 35.2. The monoisotopic (exact) mass is 324 g/mol. The molecule has 0 atom stereocenters. The first-order valence-corrected chi connectivity index (χ1v) is 7.49. The van der Waals surface area contributed by atoms with Crippen molar-refractivity contribution in [1.29, 1.82) is 0 Å². The first kappa shape index (κ1) is 20.7. The van der Waals surface area contributed by atoms with E-state index in [2.05, 4.69) is 18.4 Å². The molecule has 0 saturated carbocycles. The van der Waals surface area contributed by atoms with Crippen LogP contribution in [0.2, 0.25) is 0 Å². The minimum Gasteiger partial charge on any atom is -0.465 e. The predicted molar refractivity (Wildman–Crippen MR) is 84.2 cm³/mol. The molecule has 0 N–H and O–H groups in total. The molecule has 23 heavy (non-hydrogen) atoms. The SMILES string of the molecule is C=CCC(CC#CCCOC(C)=O)(C(=O)OCC)C(=O)OCC. The van der Waals surface area contributed by atoms with Crippen LogP contribution in [0.1, 0.15) is 40.0 Å². The lowest BCUT2D eigenvalue weighted by Gasteiger charge is -2.26. The molecule has 0 rings (SSSR count). The highest BCUT2D eigenvalue weighted by Crippen LogP contribution is 2.31. The second kappa shape index (κ2) is 11.3. The van der Waals surface area contributed by atoms with E-state index in [9.17, 15) is 14.4 Å². The van der Waals surface area contributed by atoms with Crippen LogP contribution in [-0.2, 0) is 28.6 Å². The van der Waals surface area contributed by atoms with Gasteiger partial charge in [0.1, 0.15) is 6.61 Å². The van der Waals surface area contributed by atoms with Crippen LogP contribution in [0.3, 0.4) is 0 Å². The zero-order valence-corrected chi connectivity index (χ0v) is 14.0. The van der Waals surface area contributed by atoms with Gasteiger partial charge in [0, 0.05) is 19.8 Å². The van der Waals surface area contributed by atoms with Crippen LogP contribution < -0.4 is 0 Å². The maximum Gasteiger partial charge on any atom is 0.324 e. The fourth-order valence-corrected chi connectivity index (χ4v) is 1.80. The van der Waals surface area contributed by atoms with Crippen molar-refractivity contribution in [1.82, 2.24) is 0 Å². The molecule has 0 amide bonds. The molecule has 0 unspecified atom stereocenters. The van der Waals surface area contributed by atoms with Gasteiger partial charge in [-0.25, -0.2) is 0 Å². The van der Waals surface area contributed by atoms with E-state index in [1.165, 1.54) is 13.0 Å². The predicted octanol–water partition coefficient (Wildman–Crippen LogP) is 2.02. The fourth-order valence-electron chi connectivity index (χ4n) is 1.80. The lowest BCUT2D eigenvalue weighted by Crippen LogP contribution is -2.41. The van der Waals surface area contributed by atoms with E-state index < -0.39 is 17.4 Å². The van der Waals surface area contributed by atoms with Gasteiger partial charge in [0.25, 0.3) is 0 Å². The van der Waals surface area contributed by atoms with Crippen LogP contribution in [0.25, 0.3) is 0 Å². The Hall–Kier alpha value is -2.29. The maximum atomic E-state index is 12.3. The van der Waals surface area contributed by atoms with Crippen LogP contribution in [0.15, 0.2) is 12.7 Å². The van der Waals surface area contributed by atoms with Crippen LogP contribution >= 0.6 is 0 Å². The summed E-state index contributed by atoms with van der Waals surface area (Å²) < 4.78 is 14.8. The minimum absolute atomic E-state index is 0.0449. The first-order valence-electron chi connectivity index (χ1n) is 7.49. The van der Waals surface area contributed by atoms with E-state index in [1.807, 2.05) is 0 Å². The Bertz CT molecular complexity index is 465. The van der Waals surface area contributed by atoms with Crippen molar-refractivity contribution in [3.05, 3.63) is 12.7 Å². The third-order valence-corrected chi connectivity index (χ3v) is 2.87. The number of ether oxygens (including phenoxy) is 3. The summed E-state index contributed by atoms with van der Waals surface area (Å²) in [5, 5.41) is 0. The molecule has 0 aliphatic rings. The molecule has 0 aromatic heterocycles. The van der Waals surface area contributed by atoms with Crippen LogP contribution in [0.4, 0.5) is 0 Å². The smallest absolute Gasteiger partial charge is 0.324 e. The summed E-state index contributed by atoms with van der Waals surface area (Å²) >= 11 is 0.